The van der Waals surface area contributed by atoms with E-state index in [1.165, 1.54) is 87.7 Å². The molecule has 0 aliphatic heterocycles. The molecular weight excluding hydrogens is 307 g/mol. The summed E-state index contributed by atoms with van der Waals surface area (Å²) in [6, 6.07) is 0. The van der Waals surface area contributed by atoms with Gasteiger partial charge in [-0.3, -0.25) is 0 Å². The number of unbranched alkanes of at least 4 members (excludes halogenated alkanes) is 8. The van der Waals surface area contributed by atoms with Gasteiger partial charge in [0, 0.05) is 0 Å². The van der Waals surface area contributed by atoms with Crippen LogP contribution < -0.4 is 0 Å². The summed E-state index contributed by atoms with van der Waals surface area (Å²) in [6.45, 7) is 7.65. The molecule has 0 aromatic rings. The number of allylic oxidation sites excluding steroid dienone is 1. The van der Waals surface area contributed by atoms with Crippen LogP contribution in [0.3, 0.4) is 0 Å². The molecule has 0 N–H and O–H groups in total. The van der Waals surface area contributed by atoms with Gasteiger partial charge >= 0.3 is 0 Å². The van der Waals surface area contributed by atoms with Crippen LogP contribution in [0.15, 0.2) is 10.5 Å². The molecule has 0 saturated carbocycles. The predicted octanol–water partition coefficient (Wildman–Crippen LogP) is 7.65. The van der Waals surface area contributed by atoms with Crippen LogP contribution in [-0.2, 0) is 0 Å². The van der Waals surface area contributed by atoms with Crippen molar-refractivity contribution in [3.63, 3.8) is 0 Å². The fourth-order valence-corrected chi connectivity index (χ4v) is 3.35. The maximum atomic E-state index is 3.87. The molecule has 0 spiro atoms. The van der Waals surface area contributed by atoms with Crippen LogP contribution in [0, 0.1) is 0 Å². The average molecular weight is 343 g/mol. The minimum absolute atomic E-state index is 0.792. The molecule has 20 heavy (non-hydrogen) atoms. The summed E-state index contributed by atoms with van der Waals surface area (Å²) >= 11 is 3.87. The van der Waals surface area contributed by atoms with Gasteiger partial charge in [-0.05, 0) is 10.8 Å². The first-order chi connectivity index (χ1) is 9.76. The second-order valence-corrected chi connectivity index (χ2v) is 7.04. The van der Waals surface area contributed by atoms with E-state index in [2.05, 4.69) is 42.8 Å². The molecule has 0 saturated heterocycles. The van der Waals surface area contributed by atoms with Gasteiger partial charge in [0.1, 0.15) is 0 Å². The number of hydrogen-bond donors (Lipinski definition) is 0. The summed E-state index contributed by atoms with van der Waals surface area (Å²) in [5, 5.41) is 0. The zero-order chi connectivity index (χ0) is 15.1. The summed E-state index contributed by atoms with van der Waals surface area (Å²) in [4.78, 5) is 0. The lowest BCUT2D eigenvalue weighted by molar-refractivity contribution is 0.686. The molecule has 0 heterocycles. The van der Waals surface area contributed by atoms with Crippen LogP contribution in [0.5, 0.6) is 0 Å². The molecule has 0 aromatic heterocycles. The van der Waals surface area contributed by atoms with Gasteiger partial charge in [-0.1, -0.05) is 120 Å². The van der Waals surface area contributed by atoms with Crippen molar-refractivity contribution in [2.75, 3.05) is 0 Å². The average Bonchev–Trinajstić information content (AvgIpc) is 2.45. The number of halogens is 1. The summed E-state index contributed by atoms with van der Waals surface area (Å²) in [7, 11) is 0. The van der Waals surface area contributed by atoms with E-state index in [1.54, 1.807) is 0 Å². The molecule has 0 fully saturated rings. The van der Waals surface area contributed by atoms with E-state index >= 15 is 0 Å². The fourth-order valence-electron chi connectivity index (χ4n) is 2.67. The smallest absolute Gasteiger partial charge is 0.0834 e. The Morgan fingerprint density at radius 3 is 1.70 bits per heavy atom. The van der Waals surface area contributed by atoms with Gasteiger partial charge in [0.15, 0.2) is 6.71 Å². The Labute approximate surface area is 137 Å². The Kier molecular flexibility index (Phi) is 15.9. The lowest BCUT2D eigenvalue weighted by Crippen LogP contribution is -2.13. The topological polar surface area (TPSA) is 0 Å². The van der Waals surface area contributed by atoms with Crippen molar-refractivity contribution in [2.24, 2.45) is 0 Å². The highest BCUT2D eigenvalue weighted by Crippen LogP contribution is 2.23. The Bertz CT molecular complexity index is 213. The van der Waals surface area contributed by atoms with Crippen molar-refractivity contribution in [3.8, 4) is 0 Å². The van der Waals surface area contributed by atoms with E-state index in [0.29, 0.717) is 0 Å². The fraction of sp³-hybridized carbons (Fsp3) is 0.889. The molecule has 2 heteroatoms. The molecule has 0 radical (unpaired) electrons. The standard InChI is InChI=1S/C18H36BBr/c1-4-7-10-13-16-19(17-14-11-8-5-2)18(20)15-12-9-6-3/h15H,4-14,16-17H2,1-3H3. The van der Waals surface area contributed by atoms with Gasteiger partial charge in [0.25, 0.3) is 0 Å². The number of hydrogen-bond acceptors (Lipinski definition) is 0. The molecule has 0 amide bonds. The maximum absolute atomic E-state index is 3.87. The molecular formula is C18H36BBr. The molecule has 0 aliphatic rings. The van der Waals surface area contributed by atoms with E-state index in [-0.39, 0.29) is 0 Å². The van der Waals surface area contributed by atoms with Crippen LogP contribution in [0.4, 0.5) is 0 Å². The molecule has 0 atom stereocenters. The minimum atomic E-state index is 0.792. The minimum Gasteiger partial charge on any atom is -0.0834 e. The first kappa shape index (κ1) is 20.3. The van der Waals surface area contributed by atoms with Gasteiger partial charge in [-0.2, -0.15) is 0 Å². The summed E-state index contributed by atoms with van der Waals surface area (Å²) in [5.74, 6) is 0. The van der Waals surface area contributed by atoms with Crippen LogP contribution >= 0.6 is 15.9 Å². The highest BCUT2D eigenvalue weighted by atomic mass is 79.9. The highest BCUT2D eigenvalue weighted by Gasteiger charge is 2.16. The van der Waals surface area contributed by atoms with Crippen molar-refractivity contribution in [1.82, 2.24) is 0 Å². The van der Waals surface area contributed by atoms with E-state index in [0.717, 1.165) is 6.71 Å². The molecule has 0 nitrogen and oxygen atoms in total. The monoisotopic (exact) mass is 342 g/mol. The lowest BCUT2D eigenvalue weighted by atomic mass is 9.43. The number of rotatable bonds is 14. The van der Waals surface area contributed by atoms with Gasteiger partial charge in [0.05, 0.1) is 0 Å². The third-order valence-corrected chi connectivity index (χ3v) is 5.07. The molecule has 0 aliphatic carbocycles. The van der Waals surface area contributed by atoms with Gasteiger partial charge in [-0.15, -0.1) is 0 Å². The molecule has 118 valence electrons. The first-order valence-electron chi connectivity index (χ1n) is 9.11. The normalized spacial score (nSPS) is 11.9. The summed E-state index contributed by atoms with van der Waals surface area (Å²) < 4.78 is 1.50. The quantitative estimate of drug-likeness (QED) is 0.224. The van der Waals surface area contributed by atoms with Gasteiger partial charge < -0.3 is 0 Å². The van der Waals surface area contributed by atoms with Crippen LogP contribution in [0.25, 0.3) is 0 Å². The van der Waals surface area contributed by atoms with Gasteiger partial charge in [-0.25, -0.2) is 0 Å². The van der Waals surface area contributed by atoms with E-state index in [4.69, 9.17) is 0 Å². The molecule has 0 aromatic carbocycles. The highest BCUT2D eigenvalue weighted by molar-refractivity contribution is 9.12. The third-order valence-electron chi connectivity index (χ3n) is 4.10. The van der Waals surface area contributed by atoms with Crippen molar-refractivity contribution < 1.29 is 0 Å². The van der Waals surface area contributed by atoms with Crippen molar-refractivity contribution >= 4 is 22.6 Å². The zero-order valence-electron chi connectivity index (χ0n) is 14.2. The Hall–Kier alpha value is 0.285. The SMILES string of the molecule is CCCCC=C(Br)B(CCCCCC)CCCCCC. The second kappa shape index (κ2) is 15.7. The Morgan fingerprint density at radius 2 is 1.25 bits per heavy atom. The summed E-state index contributed by atoms with van der Waals surface area (Å²) in [6.07, 6.45) is 20.2. The van der Waals surface area contributed by atoms with Gasteiger partial charge in [0.2, 0.25) is 0 Å². The third kappa shape index (κ3) is 12.1. The lowest BCUT2D eigenvalue weighted by Gasteiger charge is -2.13. The van der Waals surface area contributed by atoms with Crippen LogP contribution in [0.1, 0.15) is 91.4 Å². The summed E-state index contributed by atoms with van der Waals surface area (Å²) in [5.41, 5.74) is 0. The van der Waals surface area contributed by atoms with Crippen molar-refractivity contribution in [2.45, 2.75) is 104 Å². The molecule has 0 rings (SSSR count). The van der Waals surface area contributed by atoms with Crippen LogP contribution in [0.2, 0.25) is 12.6 Å². The maximum Gasteiger partial charge on any atom is 0.184 e. The van der Waals surface area contributed by atoms with E-state index in [9.17, 15) is 0 Å². The second-order valence-electron chi connectivity index (χ2n) is 6.13. The van der Waals surface area contributed by atoms with E-state index < -0.39 is 0 Å². The van der Waals surface area contributed by atoms with Crippen molar-refractivity contribution in [3.05, 3.63) is 10.5 Å². The zero-order valence-corrected chi connectivity index (χ0v) is 15.8. The Morgan fingerprint density at radius 1 is 0.750 bits per heavy atom. The molecule has 0 unspecified atom stereocenters. The predicted molar refractivity (Wildman–Crippen MR) is 100 cm³/mol. The van der Waals surface area contributed by atoms with Crippen molar-refractivity contribution in [1.29, 1.82) is 0 Å². The Balaban J connectivity index is 4.10. The first-order valence-corrected chi connectivity index (χ1v) is 9.91. The molecule has 0 bridgehead atoms. The van der Waals surface area contributed by atoms with Crippen LogP contribution in [-0.4, -0.2) is 6.71 Å². The van der Waals surface area contributed by atoms with E-state index in [1.807, 2.05) is 0 Å². The largest absolute Gasteiger partial charge is 0.184 e.